The summed E-state index contributed by atoms with van der Waals surface area (Å²) in [5.41, 5.74) is 1.61. The number of hydrogen-bond acceptors (Lipinski definition) is 5. The molecule has 1 saturated carbocycles. The molecule has 1 aliphatic rings. The highest BCUT2D eigenvalue weighted by molar-refractivity contribution is 7.89. The first-order chi connectivity index (χ1) is 12.8. The van der Waals surface area contributed by atoms with Crippen molar-refractivity contribution < 1.29 is 22.3 Å². The van der Waals surface area contributed by atoms with Crippen LogP contribution in [0.1, 0.15) is 41.1 Å². The van der Waals surface area contributed by atoms with Gasteiger partial charge in [-0.3, -0.25) is 0 Å². The van der Waals surface area contributed by atoms with Gasteiger partial charge in [-0.1, -0.05) is 18.6 Å². The highest BCUT2D eigenvalue weighted by Gasteiger charge is 2.30. The van der Waals surface area contributed by atoms with E-state index < -0.39 is 16.0 Å². The van der Waals surface area contributed by atoms with Gasteiger partial charge in [0.05, 0.1) is 17.6 Å². The second-order valence-electron chi connectivity index (χ2n) is 6.58. The van der Waals surface area contributed by atoms with E-state index in [0.29, 0.717) is 5.69 Å². The van der Waals surface area contributed by atoms with Crippen molar-refractivity contribution in [3.05, 3.63) is 59.4 Å². The SMILES string of the molecule is COC(=O)c1cc(S(N)(=O)=O)ccc1NC1CCCC1c1ccc(F)cc1. The largest absolute Gasteiger partial charge is 0.465 e. The van der Waals surface area contributed by atoms with E-state index in [-0.39, 0.29) is 28.2 Å². The van der Waals surface area contributed by atoms with Crippen molar-refractivity contribution in [3.63, 3.8) is 0 Å². The summed E-state index contributed by atoms with van der Waals surface area (Å²) in [5, 5.41) is 8.50. The molecule has 8 heteroatoms. The minimum atomic E-state index is -3.94. The maximum Gasteiger partial charge on any atom is 0.340 e. The Bertz CT molecular complexity index is 945. The molecule has 0 bridgehead atoms. The third-order valence-electron chi connectivity index (χ3n) is 4.88. The summed E-state index contributed by atoms with van der Waals surface area (Å²) in [6, 6.07) is 10.5. The third-order valence-corrected chi connectivity index (χ3v) is 5.79. The van der Waals surface area contributed by atoms with Crippen molar-refractivity contribution in [2.45, 2.75) is 36.1 Å². The molecular formula is C19H21FN2O4S. The highest BCUT2D eigenvalue weighted by atomic mass is 32.2. The van der Waals surface area contributed by atoms with Gasteiger partial charge in [0, 0.05) is 17.6 Å². The first-order valence-corrected chi connectivity index (χ1v) is 10.1. The van der Waals surface area contributed by atoms with Gasteiger partial charge in [-0.05, 0) is 48.7 Å². The average Bonchev–Trinajstić information content (AvgIpc) is 3.09. The van der Waals surface area contributed by atoms with Gasteiger partial charge in [0.2, 0.25) is 10.0 Å². The summed E-state index contributed by atoms with van der Waals surface area (Å²) >= 11 is 0. The minimum Gasteiger partial charge on any atom is -0.465 e. The molecule has 0 saturated heterocycles. The van der Waals surface area contributed by atoms with Crippen LogP contribution >= 0.6 is 0 Å². The Labute approximate surface area is 157 Å². The van der Waals surface area contributed by atoms with Crippen molar-refractivity contribution in [3.8, 4) is 0 Å². The average molecular weight is 392 g/mol. The second kappa shape index (κ2) is 7.66. The molecule has 3 N–H and O–H groups in total. The Hall–Kier alpha value is -2.45. The Morgan fingerprint density at radius 2 is 1.89 bits per heavy atom. The summed E-state index contributed by atoms with van der Waals surface area (Å²) in [6.07, 6.45) is 2.80. The van der Waals surface area contributed by atoms with Crippen LogP contribution in [0.5, 0.6) is 0 Å². The number of sulfonamides is 1. The fourth-order valence-corrected chi connectivity index (χ4v) is 4.09. The predicted molar refractivity (Wildman–Crippen MR) is 99.6 cm³/mol. The molecule has 1 aliphatic carbocycles. The summed E-state index contributed by atoms with van der Waals surface area (Å²) in [5.74, 6) is -0.777. The Morgan fingerprint density at radius 3 is 2.52 bits per heavy atom. The van der Waals surface area contributed by atoms with E-state index in [9.17, 15) is 17.6 Å². The maximum absolute atomic E-state index is 13.2. The normalized spacial score (nSPS) is 19.7. The van der Waals surface area contributed by atoms with Crippen LogP contribution in [0.15, 0.2) is 47.4 Å². The zero-order chi connectivity index (χ0) is 19.6. The van der Waals surface area contributed by atoms with Crippen LogP contribution in [0.25, 0.3) is 0 Å². The molecule has 2 aromatic carbocycles. The van der Waals surface area contributed by atoms with Gasteiger partial charge in [0.1, 0.15) is 5.82 Å². The first-order valence-electron chi connectivity index (χ1n) is 8.57. The number of nitrogens with two attached hydrogens (primary N) is 1. The number of esters is 1. The van der Waals surface area contributed by atoms with Crippen LogP contribution in [0.3, 0.4) is 0 Å². The molecule has 0 aromatic heterocycles. The number of halogens is 1. The fourth-order valence-electron chi connectivity index (χ4n) is 3.55. The van der Waals surface area contributed by atoms with Crippen LogP contribution in [0.4, 0.5) is 10.1 Å². The summed E-state index contributed by atoms with van der Waals surface area (Å²) in [6.45, 7) is 0. The fraction of sp³-hybridized carbons (Fsp3) is 0.316. The van der Waals surface area contributed by atoms with Crippen LogP contribution in [-0.4, -0.2) is 27.5 Å². The van der Waals surface area contributed by atoms with Gasteiger partial charge in [-0.15, -0.1) is 0 Å². The molecule has 0 heterocycles. The minimum absolute atomic E-state index is 0.0270. The second-order valence-corrected chi connectivity index (χ2v) is 8.15. The van der Waals surface area contributed by atoms with Crippen LogP contribution in [0.2, 0.25) is 0 Å². The van der Waals surface area contributed by atoms with E-state index >= 15 is 0 Å². The van der Waals surface area contributed by atoms with Gasteiger partial charge >= 0.3 is 5.97 Å². The molecule has 0 amide bonds. The first kappa shape index (κ1) is 19.3. The lowest BCUT2D eigenvalue weighted by molar-refractivity contribution is 0.0601. The van der Waals surface area contributed by atoms with E-state index in [4.69, 9.17) is 9.88 Å². The molecule has 0 radical (unpaired) electrons. The highest BCUT2D eigenvalue weighted by Crippen LogP contribution is 2.37. The molecule has 2 aromatic rings. The number of hydrogen-bond donors (Lipinski definition) is 2. The summed E-state index contributed by atoms with van der Waals surface area (Å²) in [7, 11) is -2.71. The van der Waals surface area contributed by atoms with E-state index in [0.717, 1.165) is 24.8 Å². The van der Waals surface area contributed by atoms with Gasteiger partial charge in [0.15, 0.2) is 0 Å². The molecule has 2 unspecified atom stereocenters. The summed E-state index contributed by atoms with van der Waals surface area (Å²) in [4.78, 5) is 12.0. The molecule has 0 spiro atoms. The van der Waals surface area contributed by atoms with Crippen LogP contribution < -0.4 is 10.5 Å². The topological polar surface area (TPSA) is 98.5 Å². The number of anilines is 1. The van der Waals surface area contributed by atoms with Crippen molar-refractivity contribution in [2.75, 3.05) is 12.4 Å². The molecule has 2 atom stereocenters. The lowest BCUT2D eigenvalue weighted by Crippen LogP contribution is -2.24. The standard InChI is InChI=1S/C19H21FN2O4S/c1-26-19(23)16-11-14(27(21,24)25)9-10-18(16)22-17-4-2-3-15(17)12-5-7-13(20)8-6-12/h5-11,15,17,22H,2-4H2,1H3,(H2,21,24,25). The molecule has 0 aliphatic heterocycles. The predicted octanol–water partition coefficient (Wildman–Crippen LogP) is 3.01. The van der Waals surface area contributed by atoms with Crippen molar-refractivity contribution in [1.82, 2.24) is 0 Å². The number of methoxy groups -OCH3 is 1. The molecule has 1 fully saturated rings. The molecule has 144 valence electrons. The van der Waals surface area contributed by atoms with Gasteiger partial charge in [-0.2, -0.15) is 0 Å². The summed E-state index contributed by atoms with van der Waals surface area (Å²) < 4.78 is 41.2. The number of ether oxygens (including phenoxy) is 1. The molecular weight excluding hydrogens is 371 g/mol. The third kappa shape index (κ3) is 4.28. The number of primary sulfonamides is 1. The lowest BCUT2D eigenvalue weighted by Gasteiger charge is -2.24. The number of carbonyl (C=O) groups excluding carboxylic acids is 1. The maximum atomic E-state index is 13.2. The number of carbonyl (C=O) groups is 1. The van der Waals surface area contributed by atoms with Crippen molar-refractivity contribution >= 4 is 21.7 Å². The number of nitrogens with one attached hydrogen (secondary N) is 1. The zero-order valence-corrected chi connectivity index (χ0v) is 15.6. The van der Waals surface area contributed by atoms with Gasteiger partial charge in [-0.25, -0.2) is 22.7 Å². The molecule has 3 rings (SSSR count). The van der Waals surface area contributed by atoms with Gasteiger partial charge < -0.3 is 10.1 Å². The molecule has 27 heavy (non-hydrogen) atoms. The Kier molecular flexibility index (Phi) is 5.48. The van der Waals surface area contributed by atoms with Gasteiger partial charge in [0.25, 0.3) is 0 Å². The van der Waals surface area contributed by atoms with E-state index in [1.807, 2.05) is 0 Å². The zero-order valence-electron chi connectivity index (χ0n) is 14.8. The Morgan fingerprint density at radius 1 is 1.19 bits per heavy atom. The van der Waals surface area contributed by atoms with Crippen LogP contribution in [-0.2, 0) is 14.8 Å². The smallest absolute Gasteiger partial charge is 0.340 e. The lowest BCUT2D eigenvalue weighted by atomic mass is 9.93. The van der Waals surface area contributed by atoms with E-state index in [1.165, 1.54) is 37.4 Å². The van der Waals surface area contributed by atoms with Crippen LogP contribution in [0, 0.1) is 5.82 Å². The molecule has 6 nitrogen and oxygen atoms in total. The quantitative estimate of drug-likeness (QED) is 0.762. The Balaban J connectivity index is 1.91. The van der Waals surface area contributed by atoms with Crippen molar-refractivity contribution in [1.29, 1.82) is 0 Å². The number of benzene rings is 2. The monoisotopic (exact) mass is 392 g/mol. The van der Waals surface area contributed by atoms with Crippen molar-refractivity contribution in [2.24, 2.45) is 5.14 Å². The number of rotatable bonds is 5. The van der Waals surface area contributed by atoms with E-state index in [1.54, 1.807) is 12.1 Å². The van der Waals surface area contributed by atoms with E-state index in [2.05, 4.69) is 5.32 Å².